The molecule has 0 atom stereocenters. The number of amides is 1. The van der Waals surface area contributed by atoms with Gasteiger partial charge in [0.1, 0.15) is 5.82 Å². The summed E-state index contributed by atoms with van der Waals surface area (Å²) in [5.74, 6) is 2.14. The Kier molecular flexibility index (Phi) is 6.08. The standard InChI is InChI=1S/C31H34ClFN4O/c32-28-15-25(33)7-6-24(28)19-35-8-10-36(11-9-35)30(38)27-20-37(26-4-2-1-3-5-26)34-29(27)31-16-21-12-22(17-31)14-23(13-21)18-31/h1-7,15,20-23H,8-14,16-19H2. The maximum atomic E-state index is 14.1. The molecule has 0 radical (unpaired) electrons. The molecule has 4 saturated carbocycles. The third-order valence-corrected chi connectivity index (χ3v) is 9.93. The fourth-order valence-electron chi connectivity index (χ4n) is 8.21. The van der Waals surface area contributed by atoms with Gasteiger partial charge in [-0.05, 0) is 86.1 Å². The van der Waals surface area contributed by atoms with Gasteiger partial charge in [0, 0.05) is 49.4 Å². The van der Waals surface area contributed by atoms with Crippen LogP contribution in [-0.4, -0.2) is 51.7 Å². The Morgan fingerprint density at radius 1 is 0.947 bits per heavy atom. The van der Waals surface area contributed by atoms with E-state index < -0.39 is 0 Å². The number of halogens is 2. The van der Waals surface area contributed by atoms with E-state index in [9.17, 15) is 9.18 Å². The molecule has 1 aliphatic heterocycles. The number of carbonyl (C=O) groups is 1. The van der Waals surface area contributed by atoms with Gasteiger partial charge in [-0.15, -0.1) is 0 Å². The molecule has 0 spiro atoms. The maximum absolute atomic E-state index is 14.1. The molecule has 1 saturated heterocycles. The van der Waals surface area contributed by atoms with Gasteiger partial charge in [0.05, 0.1) is 16.9 Å². The van der Waals surface area contributed by atoms with E-state index in [-0.39, 0.29) is 17.1 Å². The summed E-state index contributed by atoms with van der Waals surface area (Å²) in [7, 11) is 0. The van der Waals surface area contributed by atoms with Crippen LogP contribution in [0.2, 0.25) is 5.02 Å². The van der Waals surface area contributed by atoms with Crippen molar-refractivity contribution in [2.45, 2.75) is 50.5 Å². The van der Waals surface area contributed by atoms with Crippen molar-refractivity contribution >= 4 is 17.5 Å². The zero-order chi connectivity index (χ0) is 25.9. The SMILES string of the molecule is O=C(c1cn(-c2ccccc2)nc1C12CC3CC(CC(C3)C1)C2)N1CCN(Cc2ccc(F)cc2Cl)CC1. The molecule has 3 aromatic rings. The zero-order valence-electron chi connectivity index (χ0n) is 21.7. The van der Waals surface area contributed by atoms with Crippen LogP contribution in [0.15, 0.2) is 54.7 Å². The minimum Gasteiger partial charge on any atom is -0.336 e. The topological polar surface area (TPSA) is 41.4 Å². The summed E-state index contributed by atoms with van der Waals surface area (Å²) in [4.78, 5) is 18.4. The van der Waals surface area contributed by atoms with Gasteiger partial charge in [0.2, 0.25) is 0 Å². The molecule has 2 aromatic carbocycles. The number of carbonyl (C=O) groups excluding carboxylic acids is 1. The van der Waals surface area contributed by atoms with E-state index in [1.54, 1.807) is 6.07 Å². The maximum Gasteiger partial charge on any atom is 0.257 e. The van der Waals surface area contributed by atoms with E-state index in [0.29, 0.717) is 24.7 Å². The normalized spacial score (nSPS) is 28.7. The van der Waals surface area contributed by atoms with Crippen LogP contribution in [0.4, 0.5) is 4.39 Å². The lowest BCUT2D eigenvalue weighted by Gasteiger charge is -2.56. The molecule has 0 N–H and O–H groups in total. The van der Waals surface area contributed by atoms with Crippen LogP contribution >= 0.6 is 11.6 Å². The van der Waals surface area contributed by atoms with Gasteiger partial charge in [-0.3, -0.25) is 9.69 Å². The highest BCUT2D eigenvalue weighted by atomic mass is 35.5. The van der Waals surface area contributed by atoms with Crippen molar-refractivity contribution in [1.82, 2.24) is 19.6 Å². The first-order chi connectivity index (χ1) is 18.5. The van der Waals surface area contributed by atoms with Gasteiger partial charge in [-0.1, -0.05) is 35.9 Å². The van der Waals surface area contributed by atoms with Gasteiger partial charge < -0.3 is 4.90 Å². The van der Waals surface area contributed by atoms with Crippen molar-refractivity contribution in [3.63, 3.8) is 0 Å². The fourth-order valence-corrected chi connectivity index (χ4v) is 8.43. The predicted octanol–water partition coefficient (Wildman–Crippen LogP) is 6.09. The Bertz CT molecular complexity index is 1310. The number of piperazine rings is 1. The highest BCUT2D eigenvalue weighted by Crippen LogP contribution is 2.61. The molecule has 38 heavy (non-hydrogen) atoms. The summed E-state index contributed by atoms with van der Waals surface area (Å²) in [6.45, 7) is 3.51. The van der Waals surface area contributed by atoms with Crippen molar-refractivity contribution in [3.8, 4) is 5.69 Å². The Hall–Kier alpha value is -2.70. The molecular formula is C31H34ClFN4O. The third kappa shape index (κ3) is 4.36. The van der Waals surface area contributed by atoms with Crippen LogP contribution in [0.25, 0.3) is 5.69 Å². The molecule has 8 rings (SSSR count). The fraction of sp³-hybridized carbons (Fsp3) is 0.484. The summed E-state index contributed by atoms with van der Waals surface area (Å²) in [6.07, 6.45) is 9.62. The molecule has 5 fully saturated rings. The molecule has 1 amide bonds. The van der Waals surface area contributed by atoms with E-state index in [1.807, 2.05) is 34.0 Å². The van der Waals surface area contributed by atoms with Crippen molar-refractivity contribution in [2.75, 3.05) is 26.2 Å². The Balaban J connectivity index is 1.14. The number of nitrogens with zero attached hydrogens (tertiary/aromatic N) is 4. The lowest BCUT2D eigenvalue weighted by molar-refractivity contribution is -0.00793. The van der Waals surface area contributed by atoms with E-state index >= 15 is 0 Å². The van der Waals surface area contributed by atoms with Crippen LogP contribution in [0.1, 0.15) is 60.1 Å². The monoisotopic (exact) mass is 532 g/mol. The van der Waals surface area contributed by atoms with Crippen molar-refractivity contribution in [3.05, 3.63) is 82.4 Å². The van der Waals surface area contributed by atoms with Gasteiger partial charge in [0.25, 0.3) is 5.91 Å². The minimum atomic E-state index is -0.319. The summed E-state index contributed by atoms with van der Waals surface area (Å²) in [5, 5.41) is 5.64. The molecular weight excluding hydrogens is 499 g/mol. The quantitative estimate of drug-likeness (QED) is 0.399. The Morgan fingerprint density at radius 3 is 2.24 bits per heavy atom. The average Bonchev–Trinajstić information content (AvgIpc) is 3.37. The zero-order valence-corrected chi connectivity index (χ0v) is 22.4. The van der Waals surface area contributed by atoms with E-state index in [1.165, 1.54) is 50.7 Å². The second-order valence-electron chi connectivity index (χ2n) is 12.2. The summed E-state index contributed by atoms with van der Waals surface area (Å²) in [5.41, 5.74) is 3.80. The van der Waals surface area contributed by atoms with Crippen molar-refractivity contribution < 1.29 is 9.18 Å². The van der Waals surface area contributed by atoms with Crippen molar-refractivity contribution in [2.24, 2.45) is 17.8 Å². The van der Waals surface area contributed by atoms with E-state index in [0.717, 1.165) is 53.4 Å². The third-order valence-electron chi connectivity index (χ3n) is 9.57. The van der Waals surface area contributed by atoms with Crippen LogP contribution < -0.4 is 0 Å². The van der Waals surface area contributed by atoms with E-state index in [2.05, 4.69) is 17.0 Å². The average molecular weight is 533 g/mol. The summed E-state index contributed by atoms with van der Waals surface area (Å²) in [6, 6.07) is 14.8. The first-order valence-corrected chi connectivity index (χ1v) is 14.4. The molecule has 1 aromatic heterocycles. The molecule has 4 bridgehead atoms. The van der Waals surface area contributed by atoms with E-state index in [4.69, 9.17) is 16.7 Å². The highest BCUT2D eigenvalue weighted by molar-refractivity contribution is 6.31. The number of hydrogen-bond donors (Lipinski definition) is 0. The summed E-state index contributed by atoms with van der Waals surface area (Å²) < 4.78 is 15.4. The highest BCUT2D eigenvalue weighted by Gasteiger charge is 2.54. The molecule has 5 nitrogen and oxygen atoms in total. The van der Waals surface area contributed by atoms with Crippen LogP contribution in [-0.2, 0) is 12.0 Å². The van der Waals surface area contributed by atoms with Gasteiger partial charge in [-0.25, -0.2) is 9.07 Å². The van der Waals surface area contributed by atoms with Gasteiger partial charge in [0.15, 0.2) is 0 Å². The number of benzene rings is 2. The summed E-state index contributed by atoms with van der Waals surface area (Å²) >= 11 is 6.27. The van der Waals surface area contributed by atoms with Gasteiger partial charge >= 0.3 is 0 Å². The lowest BCUT2D eigenvalue weighted by atomic mass is 9.48. The number of para-hydroxylation sites is 1. The molecule has 0 unspecified atom stereocenters. The lowest BCUT2D eigenvalue weighted by Crippen LogP contribution is -2.51. The van der Waals surface area contributed by atoms with Crippen LogP contribution in [0, 0.1) is 23.6 Å². The second-order valence-corrected chi connectivity index (χ2v) is 12.6. The van der Waals surface area contributed by atoms with Crippen LogP contribution in [0.5, 0.6) is 0 Å². The molecule has 2 heterocycles. The molecule has 5 aliphatic rings. The largest absolute Gasteiger partial charge is 0.336 e. The second kappa shape index (κ2) is 9.49. The Labute approximate surface area is 228 Å². The van der Waals surface area contributed by atoms with Crippen LogP contribution in [0.3, 0.4) is 0 Å². The molecule has 4 aliphatic carbocycles. The van der Waals surface area contributed by atoms with Crippen molar-refractivity contribution in [1.29, 1.82) is 0 Å². The first-order valence-electron chi connectivity index (χ1n) is 14.1. The molecule has 7 heteroatoms. The number of rotatable bonds is 5. The molecule has 198 valence electrons. The predicted molar refractivity (Wildman–Crippen MR) is 146 cm³/mol. The smallest absolute Gasteiger partial charge is 0.257 e. The number of hydrogen-bond acceptors (Lipinski definition) is 3. The van der Waals surface area contributed by atoms with Gasteiger partial charge in [-0.2, -0.15) is 5.10 Å². The Morgan fingerprint density at radius 2 is 1.61 bits per heavy atom. The number of aromatic nitrogens is 2. The minimum absolute atomic E-state index is 0.0426. The first kappa shape index (κ1) is 24.3.